The molecule has 1 aromatic carbocycles. The Kier molecular flexibility index (Phi) is 7.45. The molecule has 2 heterocycles. The summed E-state index contributed by atoms with van der Waals surface area (Å²) in [5, 5.41) is 2.61. The molecule has 1 fully saturated rings. The van der Waals surface area contributed by atoms with E-state index in [9.17, 15) is 9.59 Å². The van der Waals surface area contributed by atoms with E-state index >= 15 is 0 Å². The summed E-state index contributed by atoms with van der Waals surface area (Å²) in [4.78, 5) is 37.1. The van der Waals surface area contributed by atoms with Crippen molar-refractivity contribution in [2.75, 3.05) is 27.2 Å². The second-order valence-corrected chi connectivity index (χ2v) is 9.16. The zero-order valence-electron chi connectivity index (χ0n) is 19.6. The van der Waals surface area contributed by atoms with Crippen LogP contribution in [0.25, 0.3) is 11.3 Å². The van der Waals surface area contributed by atoms with Crippen molar-refractivity contribution >= 4 is 12.0 Å². The molecule has 1 aliphatic heterocycles. The van der Waals surface area contributed by atoms with Crippen molar-refractivity contribution < 1.29 is 14.3 Å². The lowest BCUT2D eigenvalue weighted by atomic mass is 10.0. The molecule has 1 aliphatic rings. The van der Waals surface area contributed by atoms with Gasteiger partial charge in [0.1, 0.15) is 5.60 Å². The number of nitrogens with one attached hydrogen (secondary N) is 1. The lowest BCUT2D eigenvalue weighted by molar-refractivity contribution is 0.0152. The van der Waals surface area contributed by atoms with Gasteiger partial charge in [0, 0.05) is 43.9 Å². The van der Waals surface area contributed by atoms with E-state index in [1.54, 1.807) is 36.5 Å². The van der Waals surface area contributed by atoms with Crippen LogP contribution in [-0.2, 0) is 11.3 Å². The number of benzene rings is 1. The maximum absolute atomic E-state index is 12.2. The first-order chi connectivity index (χ1) is 15.2. The van der Waals surface area contributed by atoms with Gasteiger partial charge in [0.15, 0.2) is 0 Å². The zero-order chi connectivity index (χ0) is 23.3. The van der Waals surface area contributed by atoms with Gasteiger partial charge in [-0.15, -0.1) is 0 Å². The minimum Gasteiger partial charge on any atom is -0.444 e. The molecular weight excluding hydrogens is 406 g/mol. The third-order valence-electron chi connectivity index (χ3n) is 5.53. The highest BCUT2D eigenvalue weighted by Crippen LogP contribution is 2.21. The number of hydrogen-bond donors (Lipinski definition) is 1. The number of carbonyl (C=O) groups is 2. The Balaban J connectivity index is 1.52. The van der Waals surface area contributed by atoms with Crippen molar-refractivity contribution in [2.45, 2.75) is 51.8 Å². The van der Waals surface area contributed by atoms with Crippen molar-refractivity contribution in [3.63, 3.8) is 0 Å². The van der Waals surface area contributed by atoms with E-state index in [0.29, 0.717) is 31.2 Å². The summed E-state index contributed by atoms with van der Waals surface area (Å²) in [7, 11) is 3.70. The smallest absolute Gasteiger partial charge is 0.410 e. The molecular formula is C24H33N5O3. The van der Waals surface area contributed by atoms with Crippen molar-refractivity contribution in [1.29, 1.82) is 0 Å². The molecule has 32 heavy (non-hydrogen) atoms. The van der Waals surface area contributed by atoms with Crippen LogP contribution in [0.1, 0.15) is 49.7 Å². The molecule has 2 aromatic rings. The van der Waals surface area contributed by atoms with Crippen LogP contribution in [0.2, 0.25) is 0 Å². The quantitative estimate of drug-likeness (QED) is 0.769. The lowest BCUT2D eigenvalue weighted by Crippen LogP contribution is -2.46. The van der Waals surface area contributed by atoms with Gasteiger partial charge >= 0.3 is 6.09 Å². The van der Waals surface area contributed by atoms with Crippen LogP contribution in [0, 0.1) is 0 Å². The Labute approximate surface area is 190 Å². The molecule has 8 nitrogen and oxygen atoms in total. The van der Waals surface area contributed by atoms with Crippen LogP contribution in [0.4, 0.5) is 4.79 Å². The van der Waals surface area contributed by atoms with Crippen molar-refractivity contribution in [3.05, 3.63) is 47.9 Å². The molecule has 1 saturated heterocycles. The summed E-state index contributed by atoms with van der Waals surface area (Å²) in [5.74, 6) is -0.113. The van der Waals surface area contributed by atoms with Crippen LogP contribution in [0.15, 0.2) is 36.7 Å². The Morgan fingerprint density at radius 1 is 1.12 bits per heavy atom. The van der Waals surface area contributed by atoms with Gasteiger partial charge in [-0.2, -0.15) is 0 Å². The minimum absolute atomic E-state index is 0.113. The number of ether oxygens (including phenoxy) is 1. The molecule has 8 heteroatoms. The largest absolute Gasteiger partial charge is 0.444 e. The second kappa shape index (κ2) is 10.1. The van der Waals surface area contributed by atoms with Crippen LogP contribution in [0.3, 0.4) is 0 Å². The molecule has 0 atom stereocenters. The average molecular weight is 440 g/mol. The number of carbonyl (C=O) groups excluding carboxylic acids is 2. The summed E-state index contributed by atoms with van der Waals surface area (Å²) in [6.07, 6.45) is 5.14. The molecule has 0 aliphatic carbocycles. The van der Waals surface area contributed by atoms with Gasteiger partial charge in [-0.3, -0.25) is 19.7 Å². The Morgan fingerprint density at radius 3 is 2.31 bits per heavy atom. The molecule has 3 rings (SSSR count). The predicted octanol–water partition coefficient (Wildman–Crippen LogP) is 3.33. The van der Waals surface area contributed by atoms with E-state index < -0.39 is 5.60 Å². The van der Waals surface area contributed by atoms with Gasteiger partial charge in [-0.1, -0.05) is 12.1 Å². The summed E-state index contributed by atoms with van der Waals surface area (Å²) in [6, 6.07) is 7.69. The highest BCUT2D eigenvalue weighted by Gasteiger charge is 2.28. The van der Waals surface area contributed by atoms with Crippen LogP contribution >= 0.6 is 0 Å². The standard InChI is InChI=1S/C24H33N5O3/c1-24(2,3)32-23(31)29-12-10-20(11-13-29)28(5)16-19-14-27-21(15-26-19)17-6-8-18(9-7-17)22(30)25-4/h6-9,14-15,20H,10-13,16H2,1-5H3,(H,25,30). The van der Waals surface area contributed by atoms with Crippen LogP contribution in [0.5, 0.6) is 0 Å². The number of piperidine rings is 1. The van der Waals surface area contributed by atoms with E-state index in [-0.39, 0.29) is 12.0 Å². The molecule has 172 valence electrons. The van der Waals surface area contributed by atoms with Crippen LogP contribution in [-0.4, -0.2) is 70.6 Å². The normalized spacial score (nSPS) is 15.0. The first-order valence-electron chi connectivity index (χ1n) is 11.0. The Hall–Kier alpha value is -3.00. The number of aromatic nitrogens is 2. The number of nitrogens with zero attached hydrogens (tertiary/aromatic N) is 4. The fraction of sp³-hybridized carbons (Fsp3) is 0.500. The SMILES string of the molecule is CNC(=O)c1ccc(-c2cnc(CN(C)C3CCN(C(=O)OC(C)(C)C)CC3)cn2)cc1. The number of hydrogen-bond acceptors (Lipinski definition) is 6. The van der Waals surface area contributed by atoms with Gasteiger partial charge in [-0.25, -0.2) is 4.79 Å². The summed E-state index contributed by atoms with van der Waals surface area (Å²) in [6.45, 7) is 7.74. The van der Waals surface area contributed by atoms with Crippen molar-refractivity contribution in [1.82, 2.24) is 25.1 Å². The molecule has 0 radical (unpaired) electrons. The highest BCUT2D eigenvalue weighted by molar-refractivity contribution is 5.94. The highest BCUT2D eigenvalue weighted by atomic mass is 16.6. The van der Waals surface area contributed by atoms with Gasteiger partial charge in [0.25, 0.3) is 5.91 Å². The topological polar surface area (TPSA) is 87.7 Å². The molecule has 0 saturated carbocycles. The molecule has 2 amide bonds. The van der Waals surface area contributed by atoms with Gasteiger partial charge in [0.05, 0.1) is 23.8 Å². The number of amides is 2. The second-order valence-electron chi connectivity index (χ2n) is 9.16. The van der Waals surface area contributed by atoms with Gasteiger partial charge < -0.3 is 15.0 Å². The maximum atomic E-state index is 12.2. The molecule has 0 spiro atoms. The minimum atomic E-state index is -0.470. The maximum Gasteiger partial charge on any atom is 0.410 e. The van der Waals surface area contributed by atoms with E-state index in [1.807, 2.05) is 32.9 Å². The van der Waals surface area contributed by atoms with Gasteiger partial charge in [0.2, 0.25) is 0 Å². The first kappa shape index (κ1) is 23.7. The molecule has 1 N–H and O–H groups in total. The van der Waals surface area contributed by atoms with Crippen molar-refractivity contribution in [3.8, 4) is 11.3 Å². The summed E-state index contributed by atoms with van der Waals surface area (Å²) < 4.78 is 5.48. The Bertz CT molecular complexity index is 914. The van der Waals surface area contributed by atoms with E-state index in [1.165, 1.54) is 0 Å². The fourth-order valence-corrected chi connectivity index (χ4v) is 3.72. The van der Waals surface area contributed by atoms with Crippen LogP contribution < -0.4 is 5.32 Å². The third kappa shape index (κ3) is 6.26. The summed E-state index contributed by atoms with van der Waals surface area (Å²) in [5.41, 5.74) is 2.72. The fourth-order valence-electron chi connectivity index (χ4n) is 3.72. The molecule has 0 bridgehead atoms. The predicted molar refractivity (Wildman–Crippen MR) is 123 cm³/mol. The zero-order valence-corrected chi connectivity index (χ0v) is 19.6. The average Bonchev–Trinajstić information content (AvgIpc) is 2.78. The lowest BCUT2D eigenvalue weighted by Gasteiger charge is -2.37. The first-order valence-corrected chi connectivity index (χ1v) is 11.0. The van der Waals surface area contributed by atoms with E-state index in [0.717, 1.165) is 29.8 Å². The van der Waals surface area contributed by atoms with Gasteiger partial charge in [-0.05, 0) is 52.8 Å². The van der Waals surface area contributed by atoms with E-state index in [2.05, 4.69) is 27.2 Å². The van der Waals surface area contributed by atoms with Crippen molar-refractivity contribution in [2.24, 2.45) is 0 Å². The monoisotopic (exact) mass is 439 g/mol. The molecule has 0 unspecified atom stereocenters. The summed E-state index contributed by atoms with van der Waals surface area (Å²) >= 11 is 0. The number of likely N-dealkylation sites (tertiary alicyclic amines) is 1. The Morgan fingerprint density at radius 2 is 1.78 bits per heavy atom. The van der Waals surface area contributed by atoms with E-state index in [4.69, 9.17) is 4.74 Å². The number of rotatable bonds is 5. The third-order valence-corrected chi connectivity index (χ3v) is 5.53. The molecule has 1 aromatic heterocycles.